The van der Waals surface area contributed by atoms with Crippen LogP contribution in [-0.4, -0.2) is 37.9 Å². The molecular weight excluding hydrogens is 353 g/mol. The molecular formula is C16H13F3N4O3. The Labute approximate surface area is 144 Å². The molecule has 0 spiro atoms. The Kier molecular flexibility index (Phi) is 4.49. The number of rotatable bonds is 4. The standard InChI is InChI=1S/C16H13F3N4O3/c1-2-12(14(24)26-15(25)16(17,18)19)23-8-9(7-22-23)10-3-5-20-13-11(10)4-6-21-13/h3-8,12H,2H2,1H3,(H,20,21). The molecule has 0 fully saturated rings. The molecule has 3 aromatic heterocycles. The second-order valence-corrected chi connectivity index (χ2v) is 5.44. The van der Waals surface area contributed by atoms with Gasteiger partial charge in [0.2, 0.25) is 0 Å². The maximum atomic E-state index is 12.3. The van der Waals surface area contributed by atoms with E-state index in [-0.39, 0.29) is 6.42 Å². The van der Waals surface area contributed by atoms with Gasteiger partial charge in [-0.15, -0.1) is 0 Å². The smallest absolute Gasteiger partial charge is 0.385 e. The third-order valence-electron chi connectivity index (χ3n) is 3.78. The van der Waals surface area contributed by atoms with E-state index in [0.717, 1.165) is 10.9 Å². The van der Waals surface area contributed by atoms with Gasteiger partial charge >= 0.3 is 18.1 Å². The van der Waals surface area contributed by atoms with Gasteiger partial charge < -0.3 is 9.72 Å². The number of nitrogens with zero attached hydrogens (tertiary/aromatic N) is 3. The summed E-state index contributed by atoms with van der Waals surface area (Å²) in [5.41, 5.74) is 2.10. The zero-order chi connectivity index (χ0) is 18.9. The van der Waals surface area contributed by atoms with Gasteiger partial charge in [0.15, 0.2) is 0 Å². The molecule has 0 amide bonds. The van der Waals surface area contributed by atoms with Crippen LogP contribution in [-0.2, 0) is 14.3 Å². The first-order valence-corrected chi connectivity index (χ1v) is 7.60. The van der Waals surface area contributed by atoms with Crippen LogP contribution in [0.4, 0.5) is 13.2 Å². The number of alkyl halides is 3. The highest BCUT2D eigenvalue weighted by Crippen LogP contribution is 2.28. The Bertz CT molecular complexity index is 961. The summed E-state index contributed by atoms with van der Waals surface area (Å²) >= 11 is 0. The van der Waals surface area contributed by atoms with Crippen LogP contribution in [0.5, 0.6) is 0 Å². The van der Waals surface area contributed by atoms with Gasteiger partial charge in [-0.2, -0.15) is 18.3 Å². The number of ether oxygens (including phenoxy) is 1. The highest BCUT2D eigenvalue weighted by Gasteiger charge is 2.43. The number of aromatic amines is 1. The third-order valence-corrected chi connectivity index (χ3v) is 3.78. The molecule has 0 radical (unpaired) electrons. The number of fused-ring (bicyclic) bond motifs is 1. The van der Waals surface area contributed by atoms with Crippen LogP contribution in [0.25, 0.3) is 22.2 Å². The summed E-state index contributed by atoms with van der Waals surface area (Å²) in [4.78, 5) is 29.9. The molecule has 3 aromatic rings. The lowest BCUT2D eigenvalue weighted by Gasteiger charge is -2.14. The minimum absolute atomic E-state index is 0.0982. The topological polar surface area (TPSA) is 89.9 Å². The summed E-state index contributed by atoms with van der Waals surface area (Å²) in [7, 11) is 0. The minimum atomic E-state index is -5.24. The summed E-state index contributed by atoms with van der Waals surface area (Å²) in [6.45, 7) is 1.57. The molecule has 10 heteroatoms. The number of nitrogens with one attached hydrogen (secondary N) is 1. The fraction of sp³-hybridized carbons (Fsp3) is 0.250. The van der Waals surface area contributed by atoms with Crippen molar-refractivity contribution in [2.45, 2.75) is 25.6 Å². The van der Waals surface area contributed by atoms with Crippen molar-refractivity contribution in [2.24, 2.45) is 0 Å². The van der Waals surface area contributed by atoms with Crippen molar-refractivity contribution >= 4 is 23.0 Å². The molecule has 1 atom stereocenters. The van der Waals surface area contributed by atoms with Crippen LogP contribution in [0.1, 0.15) is 19.4 Å². The van der Waals surface area contributed by atoms with Crippen molar-refractivity contribution in [3.05, 3.63) is 36.9 Å². The van der Waals surface area contributed by atoms with Gasteiger partial charge in [0.05, 0.1) is 6.20 Å². The number of H-pyrrole nitrogens is 1. The van der Waals surface area contributed by atoms with Crippen LogP contribution in [0.2, 0.25) is 0 Å². The molecule has 1 N–H and O–H groups in total. The Morgan fingerprint density at radius 2 is 2.12 bits per heavy atom. The summed E-state index contributed by atoms with van der Waals surface area (Å²) in [5, 5.41) is 4.87. The van der Waals surface area contributed by atoms with Crippen LogP contribution in [0, 0.1) is 0 Å². The molecule has 0 aromatic carbocycles. The molecule has 0 saturated carbocycles. The number of carbonyl (C=O) groups excluding carboxylic acids is 2. The van der Waals surface area contributed by atoms with Crippen LogP contribution < -0.4 is 0 Å². The number of aromatic nitrogens is 4. The fourth-order valence-corrected chi connectivity index (χ4v) is 2.54. The maximum Gasteiger partial charge on any atom is 0.491 e. The molecule has 26 heavy (non-hydrogen) atoms. The van der Waals surface area contributed by atoms with E-state index in [1.165, 1.54) is 17.1 Å². The van der Waals surface area contributed by atoms with E-state index in [1.807, 2.05) is 6.07 Å². The third kappa shape index (κ3) is 3.30. The average molecular weight is 366 g/mol. The van der Waals surface area contributed by atoms with Gasteiger partial charge in [-0.25, -0.2) is 14.6 Å². The number of hydrogen-bond acceptors (Lipinski definition) is 5. The number of halogens is 3. The van der Waals surface area contributed by atoms with Crippen LogP contribution in [0.15, 0.2) is 36.9 Å². The van der Waals surface area contributed by atoms with Crippen molar-refractivity contribution < 1.29 is 27.5 Å². The fourth-order valence-electron chi connectivity index (χ4n) is 2.54. The number of pyridine rings is 1. The SMILES string of the molecule is CCC(C(=O)OC(=O)C(F)(F)F)n1cc(-c2ccnc3[nH]ccc23)cn1. The molecule has 1 unspecified atom stereocenters. The molecule has 0 aliphatic rings. The molecule has 3 heterocycles. The predicted octanol–water partition coefficient (Wildman–Crippen LogP) is 3.01. The van der Waals surface area contributed by atoms with Crippen LogP contribution >= 0.6 is 0 Å². The summed E-state index contributed by atoms with van der Waals surface area (Å²) < 4.78 is 41.9. The van der Waals surface area contributed by atoms with E-state index in [2.05, 4.69) is 19.8 Å². The van der Waals surface area contributed by atoms with Gasteiger partial charge in [-0.05, 0) is 24.1 Å². The quantitative estimate of drug-likeness (QED) is 0.566. The first-order chi connectivity index (χ1) is 12.3. The highest BCUT2D eigenvalue weighted by molar-refractivity contribution is 5.93. The Hall–Kier alpha value is -3.17. The second-order valence-electron chi connectivity index (χ2n) is 5.44. The van der Waals surface area contributed by atoms with Gasteiger partial charge in [-0.3, -0.25) is 4.68 Å². The van der Waals surface area contributed by atoms with E-state index >= 15 is 0 Å². The summed E-state index contributed by atoms with van der Waals surface area (Å²) in [5.74, 6) is -3.86. The monoisotopic (exact) mass is 366 g/mol. The molecule has 0 bridgehead atoms. The highest BCUT2D eigenvalue weighted by atomic mass is 19.4. The van der Waals surface area contributed by atoms with E-state index in [1.54, 1.807) is 25.4 Å². The second kappa shape index (κ2) is 6.62. The first kappa shape index (κ1) is 17.6. The summed E-state index contributed by atoms with van der Waals surface area (Å²) in [6, 6.07) is 2.42. The zero-order valence-corrected chi connectivity index (χ0v) is 13.4. The van der Waals surface area contributed by atoms with Crippen molar-refractivity contribution in [1.82, 2.24) is 19.7 Å². The lowest BCUT2D eigenvalue weighted by atomic mass is 10.1. The van der Waals surface area contributed by atoms with Gasteiger partial charge in [-0.1, -0.05) is 6.92 Å². The van der Waals surface area contributed by atoms with Crippen molar-refractivity contribution in [1.29, 1.82) is 0 Å². The van der Waals surface area contributed by atoms with Crippen molar-refractivity contribution in [2.75, 3.05) is 0 Å². The Balaban J connectivity index is 1.87. The molecule has 7 nitrogen and oxygen atoms in total. The van der Waals surface area contributed by atoms with E-state index < -0.39 is 24.2 Å². The van der Waals surface area contributed by atoms with Crippen molar-refractivity contribution in [3.63, 3.8) is 0 Å². The van der Waals surface area contributed by atoms with Gasteiger partial charge in [0.1, 0.15) is 11.7 Å². The number of carbonyl (C=O) groups is 2. The largest absolute Gasteiger partial charge is 0.491 e. The number of hydrogen-bond donors (Lipinski definition) is 1. The molecule has 0 aliphatic heterocycles. The Morgan fingerprint density at radius 1 is 1.35 bits per heavy atom. The van der Waals surface area contributed by atoms with Crippen molar-refractivity contribution in [3.8, 4) is 11.1 Å². The molecule has 0 aliphatic carbocycles. The van der Waals surface area contributed by atoms with E-state index in [0.29, 0.717) is 11.2 Å². The Morgan fingerprint density at radius 3 is 2.81 bits per heavy atom. The zero-order valence-electron chi connectivity index (χ0n) is 13.4. The van der Waals surface area contributed by atoms with Gasteiger partial charge in [0, 0.05) is 29.5 Å². The lowest BCUT2D eigenvalue weighted by molar-refractivity contribution is -0.203. The summed E-state index contributed by atoms with van der Waals surface area (Å²) in [6.07, 6.45) is 1.17. The first-order valence-electron chi connectivity index (χ1n) is 7.60. The predicted molar refractivity (Wildman–Crippen MR) is 83.8 cm³/mol. The normalized spacial score (nSPS) is 12.9. The maximum absolute atomic E-state index is 12.3. The van der Waals surface area contributed by atoms with Crippen LogP contribution in [0.3, 0.4) is 0 Å². The number of esters is 2. The lowest BCUT2D eigenvalue weighted by Crippen LogP contribution is -2.32. The molecule has 0 saturated heterocycles. The van der Waals surface area contributed by atoms with Gasteiger partial charge in [0.25, 0.3) is 0 Å². The molecule has 3 rings (SSSR count). The van der Waals surface area contributed by atoms with E-state index in [9.17, 15) is 22.8 Å². The minimum Gasteiger partial charge on any atom is -0.385 e. The average Bonchev–Trinajstić information content (AvgIpc) is 3.23. The molecule has 136 valence electrons. The van der Waals surface area contributed by atoms with E-state index in [4.69, 9.17) is 0 Å².